The SMILES string of the molecule is C#Cc1nc2ccc(F)cc2c(=O)n1-c1ccccc1.NC(=O)O. The summed E-state index contributed by atoms with van der Waals surface area (Å²) in [5.41, 5.74) is 4.63. The van der Waals surface area contributed by atoms with E-state index in [9.17, 15) is 9.18 Å². The van der Waals surface area contributed by atoms with E-state index in [1.165, 1.54) is 22.8 Å². The normalized spacial score (nSPS) is 9.67. The Balaban J connectivity index is 0.000000471. The highest BCUT2D eigenvalue weighted by Crippen LogP contribution is 2.13. The number of nitrogens with zero attached hydrogens (tertiary/aromatic N) is 2. The molecule has 7 heteroatoms. The summed E-state index contributed by atoms with van der Waals surface area (Å²) in [6.45, 7) is 0. The average Bonchev–Trinajstić information content (AvgIpc) is 2.55. The molecule has 120 valence electrons. The molecule has 1 amide bonds. The quantitative estimate of drug-likeness (QED) is 0.670. The Kier molecular flexibility index (Phi) is 4.92. The van der Waals surface area contributed by atoms with Crippen LogP contribution in [0.15, 0.2) is 53.3 Å². The number of primary amides is 1. The lowest BCUT2D eigenvalue weighted by atomic mass is 10.2. The number of nitrogens with two attached hydrogens (primary N) is 1. The molecule has 0 radical (unpaired) electrons. The fourth-order valence-electron chi connectivity index (χ4n) is 2.07. The van der Waals surface area contributed by atoms with Crippen LogP contribution in [0.3, 0.4) is 0 Å². The lowest BCUT2D eigenvalue weighted by molar-refractivity contribution is 0.205. The predicted molar refractivity (Wildman–Crippen MR) is 87.4 cm³/mol. The van der Waals surface area contributed by atoms with Crippen LogP contribution < -0.4 is 11.3 Å². The lowest BCUT2D eigenvalue weighted by Crippen LogP contribution is -2.22. The molecule has 3 rings (SSSR count). The van der Waals surface area contributed by atoms with Crippen molar-refractivity contribution in [2.24, 2.45) is 5.73 Å². The fraction of sp³-hybridized carbons (Fsp3) is 0. The van der Waals surface area contributed by atoms with E-state index < -0.39 is 11.9 Å². The maximum atomic E-state index is 13.3. The van der Waals surface area contributed by atoms with Crippen molar-refractivity contribution >= 4 is 17.0 Å². The van der Waals surface area contributed by atoms with Crippen LogP contribution in [-0.2, 0) is 0 Å². The molecule has 2 aromatic carbocycles. The van der Waals surface area contributed by atoms with Crippen molar-refractivity contribution in [3.8, 4) is 18.0 Å². The molecule has 0 aliphatic heterocycles. The number of carbonyl (C=O) groups is 1. The molecule has 0 saturated carbocycles. The molecule has 1 heterocycles. The molecular formula is C17H12FN3O3. The smallest absolute Gasteiger partial charge is 0.402 e. The number of benzene rings is 2. The Hall–Kier alpha value is -3.66. The minimum absolute atomic E-state index is 0.195. The van der Waals surface area contributed by atoms with Gasteiger partial charge in [-0.05, 0) is 36.3 Å². The van der Waals surface area contributed by atoms with Crippen molar-refractivity contribution in [3.05, 3.63) is 70.5 Å². The van der Waals surface area contributed by atoms with Gasteiger partial charge in [0.1, 0.15) is 5.82 Å². The fourth-order valence-corrected chi connectivity index (χ4v) is 2.07. The highest BCUT2D eigenvalue weighted by Gasteiger charge is 2.11. The summed E-state index contributed by atoms with van der Waals surface area (Å²) in [6.07, 6.45) is 4.10. The number of halogens is 1. The Bertz CT molecular complexity index is 988. The average molecular weight is 325 g/mol. The van der Waals surface area contributed by atoms with Crippen molar-refractivity contribution in [2.75, 3.05) is 0 Å². The number of aromatic nitrogens is 2. The van der Waals surface area contributed by atoms with Gasteiger partial charge in [-0.25, -0.2) is 14.2 Å². The first kappa shape index (κ1) is 16.7. The lowest BCUT2D eigenvalue weighted by Gasteiger charge is -2.09. The number of rotatable bonds is 1. The molecule has 3 N–H and O–H groups in total. The highest BCUT2D eigenvalue weighted by atomic mass is 19.1. The second-order valence-electron chi connectivity index (χ2n) is 4.56. The minimum atomic E-state index is -1.33. The van der Waals surface area contributed by atoms with Gasteiger partial charge in [0.25, 0.3) is 5.56 Å². The molecule has 3 aromatic rings. The molecule has 0 bridgehead atoms. The second kappa shape index (κ2) is 7.07. The molecular weight excluding hydrogens is 313 g/mol. The number of terminal acetylenes is 1. The van der Waals surface area contributed by atoms with Crippen LogP contribution >= 0.6 is 0 Å². The first-order chi connectivity index (χ1) is 11.4. The molecule has 0 saturated heterocycles. The number of para-hydroxylation sites is 1. The standard InChI is InChI=1S/C16H9FN2O.CH3NO2/c1-2-15-18-14-9-8-11(17)10-13(14)16(20)19(15)12-6-4-3-5-7-12;2-1(3)4/h1,3-10H;2H2,(H,3,4). The number of hydrogen-bond acceptors (Lipinski definition) is 3. The van der Waals surface area contributed by atoms with E-state index >= 15 is 0 Å². The monoisotopic (exact) mass is 325 g/mol. The first-order valence-corrected chi connectivity index (χ1v) is 6.66. The van der Waals surface area contributed by atoms with E-state index in [1.807, 2.05) is 6.07 Å². The van der Waals surface area contributed by atoms with Crippen molar-refractivity contribution in [1.82, 2.24) is 9.55 Å². The zero-order valence-corrected chi connectivity index (χ0v) is 12.3. The van der Waals surface area contributed by atoms with Gasteiger partial charge in [0.2, 0.25) is 0 Å². The molecule has 0 spiro atoms. The maximum Gasteiger partial charge on any atom is 0.402 e. The van der Waals surface area contributed by atoms with Crippen LogP contribution in [0.2, 0.25) is 0 Å². The maximum absolute atomic E-state index is 13.3. The van der Waals surface area contributed by atoms with Crippen molar-refractivity contribution in [1.29, 1.82) is 0 Å². The molecule has 0 aliphatic rings. The van der Waals surface area contributed by atoms with Crippen molar-refractivity contribution in [2.45, 2.75) is 0 Å². The number of hydrogen-bond donors (Lipinski definition) is 2. The van der Waals surface area contributed by atoms with Crippen LogP contribution in [0.4, 0.5) is 9.18 Å². The van der Waals surface area contributed by atoms with Gasteiger partial charge < -0.3 is 10.8 Å². The molecule has 0 atom stereocenters. The Labute approximate surface area is 136 Å². The van der Waals surface area contributed by atoms with Gasteiger partial charge in [-0.15, -0.1) is 6.42 Å². The van der Waals surface area contributed by atoms with E-state index in [0.29, 0.717) is 11.2 Å². The Morgan fingerprint density at radius 1 is 1.25 bits per heavy atom. The third-order valence-electron chi connectivity index (χ3n) is 2.97. The summed E-state index contributed by atoms with van der Waals surface area (Å²) in [5, 5.41) is 7.40. The van der Waals surface area contributed by atoms with Gasteiger partial charge in [0, 0.05) is 0 Å². The molecule has 0 fully saturated rings. The Morgan fingerprint density at radius 3 is 2.46 bits per heavy atom. The van der Waals surface area contributed by atoms with E-state index in [0.717, 1.165) is 0 Å². The van der Waals surface area contributed by atoms with Gasteiger partial charge in [-0.3, -0.25) is 9.36 Å². The third-order valence-corrected chi connectivity index (χ3v) is 2.97. The summed E-state index contributed by atoms with van der Waals surface area (Å²) in [7, 11) is 0. The van der Waals surface area contributed by atoms with Crippen molar-refractivity contribution in [3.63, 3.8) is 0 Å². The van der Waals surface area contributed by atoms with E-state index in [4.69, 9.17) is 16.3 Å². The van der Waals surface area contributed by atoms with Crippen LogP contribution in [0.25, 0.3) is 16.6 Å². The van der Waals surface area contributed by atoms with Crippen LogP contribution in [0, 0.1) is 18.2 Å². The molecule has 6 nitrogen and oxygen atoms in total. The summed E-state index contributed by atoms with van der Waals surface area (Å²) in [6, 6.07) is 12.8. The summed E-state index contributed by atoms with van der Waals surface area (Å²) >= 11 is 0. The van der Waals surface area contributed by atoms with Crippen molar-refractivity contribution < 1.29 is 14.3 Å². The van der Waals surface area contributed by atoms with Crippen LogP contribution in [0.5, 0.6) is 0 Å². The summed E-state index contributed by atoms with van der Waals surface area (Å²) in [5.74, 6) is 2.11. The topological polar surface area (TPSA) is 98.2 Å². The van der Waals surface area contributed by atoms with E-state index in [-0.39, 0.29) is 16.8 Å². The molecule has 1 aromatic heterocycles. The van der Waals surface area contributed by atoms with Gasteiger partial charge in [0.15, 0.2) is 5.82 Å². The second-order valence-corrected chi connectivity index (χ2v) is 4.56. The molecule has 0 unspecified atom stereocenters. The van der Waals surface area contributed by atoms with E-state index in [1.54, 1.807) is 24.3 Å². The molecule has 0 aliphatic carbocycles. The number of carboxylic acid groups (broad SMARTS) is 1. The highest BCUT2D eigenvalue weighted by molar-refractivity contribution is 5.78. The number of amides is 1. The van der Waals surface area contributed by atoms with Gasteiger partial charge >= 0.3 is 6.09 Å². The van der Waals surface area contributed by atoms with Gasteiger partial charge in [-0.1, -0.05) is 18.2 Å². The summed E-state index contributed by atoms with van der Waals surface area (Å²) < 4.78 is 14.6. The Morgan fingerprint density at radius 2 is 1.88 bits per heavy atom. The third kappa shape index (κ3) is 3.56. The summed E-state index contributed by atoms with van der Waals surface area (Å²) in [4.78, 5) is 25.5. The zero-order chi connectivity index (χ0) is 17.7. The van der Waals surface area contributed by atoms with Gasteiger partial charge in [0.05, 0.1) is 16.6 Å². The zero-order valence-electron chi connectivity index (χ0n) is 12.3. The van der Waals surface area contributed by atoms with Crippen LogP contribution in [-0.4, -0.2) is 20.8 Å². The van der Waals surface area contributed by atoms with Gasteiger partial charge in [-0.2, -0.15) is 0 Å². The first-order valence-electron chi connectivity index (χ1n) is 6.66. The largest absolute Gasteiger partial charge is 0.465 e. The predicted octanol–water partition coefficient (Wildman–Crippen LogP) is 2.13. The van der Waals surface area contributed by atoms with E-state index in [2.05, 4.69) is 16.6 Å². The number of fused-ring (bicyclic) bond motifs is 1. The molecule has 24 heavy (non-hydrogen) atoms. The van der Waals surface area contributed by atoms with Crippen LogP contribution in [0.1, 0.15) is 5.82 Å². The minimum Gasteiger partial charge on any atom is -0.465 e.